The summed E-state index contributed by atoms with van der Waals surface area (Å²) >= 11 is 6.03. The van der Waals surface area contributed by atoms with Crippen molar-refractivity contribution in [3.8, 4) is 11.1 Å². The van der Waals surface area contributed by atoms with Crippen LogP contribution in [0, 0.1) is 0 Å². The van der Waals surface area contributed by atoms with Gasteiger partial charge < -0.3 is 12.3 Å². The van der Waals surface area contributed by atoms with Crippen molar-refractivity contribution in [2.24, 2.45) is 0 Å². The van der Waals surface area contributed by atoms with Crippen LogP contribution in [-0.2, 0) is 20.2 Å². The first-order valence-electron chi connectivity index (χ1n) is 5.54. The van der Waals surface area contributed by atoms with Crippen molar-refractivity contribution in [3.05, 3.63) is 45.3 Å². The minimum absolute atomic E-state index is 0. The van der Waals surface area contributed by atoms with Crippen molar-refractivity contribution in [2.45, 2.75) is 9.79 Å². The van der Waals surface area contributed by atoms with Crippen LogP contribution in [0.2, 0.25) is 0 Å². The summed E-state index contributed by atoms with van der Waals surface area (Å²) in [5, 5.41) is 0. The summed E-state index contributed by atoms with van der Waals surface area (Å²) in [5.74, 6) is 0. The van der Waals surface area contributed by atoms with Crippen molar-refractivity contribution in [1.29, 1.82) is 0 Å². The number of halogens is 2. The van der Waals surface area contributed by atoms with E-state index in [4.69, 9.17) is 9.11 Å². The first kappa shape index (κ1) is 23.1. The number of rotatable bonds is 3. The molecule has 0 radical (unpaired) electrons. The molecule has 0 spiro atoms. The molecule has 0 aliphatic rings. The molecule has 2 aromatic carbocycles. The van der Waals surface area contributed by atoms with E-state index in [0.29, 0.717) is 11.1 Å². The van der Waals surface area contributed by atoms with Crippen LogP contribution in [0.15, 0.2) is 55.1 Å². The maximum Gasteiger partial charge on any atom is 0.295 e. The van der Waals surface area contributed by atoms with Gasteiger partial charge in [0, 0.05) is 8.95 Å². The molecule has 0 atom stereocenters. The minimum atomic E-state index is -4.43. The molecular weight excluding hydrogens is 492 g/mol. The Morgan fingerprint density at radius 1 is 0.667 bits per heavy atom. The Morgan fingerprint density at radius 2 is 0.958 bits per heavy atom. The molecule has 2 rings (SSSR count). The van der Waals surface area contributed by atoms with E-state index in [0.717, 1.165) is 0 Å². The van der Waals surface area contributed by atoms with Crippen LogP contribution < -0.4 is 12.3 Å². The largest absolute Gasteiger partial charge is 0.344 e. The summed E-state index contributed by atoms with van der Waals surface area (Å²) in [6, 6.07) is 8.28. The zero-order valence-corrected chi connectivity index (χ0v) is 16.8. The predicted octanol–water partition coefficient (Wildman–Crippen LogP) is 3.70. The van der Waals surface area contributed by atoms with E-state index in [-0.39, 0.29) is 31.0 Å². The van der Waals surface area contributed by atoms with Gasteiger partial charge in [-0.1, -0.05) is 12.1 Å². The summed E-state index contributed by atoms with van der Waals surface area (Å²) in [7, 11) is -8.87. The van der Waals surface area contributed by atoms with Gasteiger partial charge in [-0.15, -0.1) is 0 Å². The van der Waals surface area contributed by atoms with Gasteiger partial charge in [-0.3, -0.25) is 9.11 Å². The number of hydrogen-bond donors (Lipinski definition) is 4. The topological polar surface area (TPSA) is 179 Å². The molecule has 8 N–H and O–H groups in total. The zero-order valence-electron chi connectivity index (χ0n) is 12.0. The molecule has 8 nitrogen and oxygen atoms in total. The third-order valence-electron chi connectivity index (χ3n) is 2.75. The number of benzene rings is 2. The fourth-order valence-electron chi connectivity index (χ4n) is 1.76. The molecule has 0 amide bonds. The van der Waals surface area contributed by atoms with Crippen LogP contribution in [0.25, 0.3) is 11.1 Å². The van der Waals surface area contributed by atoms with Gasteiger partial charge in [-0.2, -0.15) is 16.8 Å². The average molecular weight is 506 g/mol. The van der Waals surface area contributed by atoms with Gasteiger partial charge in [0.1, 0.15) is 9.79 Å². The Hall–Kier alpha value is -0.860. The summed E-state index contributed by atoms with van der Waals surface area (Å²) < 4.78 is 63.9. The van der Waals surface area contributed by atoms with Crippen LogP contribution in [-0.4, -0.2) is 25.9 Å². The van der Waals surface area contributed by atoms with Crippen LogP contribution >= 0.6 is 31.9 Å². The van der Waals surface area contributed by atoms with E-state index in [1.54, 1.807) is 0 Å². The van der Waals surface area contributed by atoms with Gasteiger partial charge in [0.2, 0.25) is 0 Å². The molecule has 2 aromatic rings. The van der Waals surface area contributed by atoms with E-state index in [1.807, 2.05) is 0 Å². The molecule has 0 bridgehead atoms. The average Bonchev–Trinajstić information content (AvgIpc) is 2.37. The molecule has 0 saturated heterocycles. The van der Waals surface area contributed by atoms with Crippen molar-refractivity contribution in [3.63, 3.8) is 0 Å². The summed E-state index contributed by atoms with van der Waals surface area (Å²) in [4.78, 5) is -0.692. The summed E-state index contributed by atoms with van der Waals surface area (Å²) in [5.41, 5.74) is 0.710. The smallest absolute Gasteiger partial charge is 0.295 e. The van der Waals surface area contributed by atoms with Gasteiger partial charge in [0.05, 0.1) is 0 Å². The van der Waals surface area contributed by atoms with E-state index >= 15 is 0 Å². The van der Waals surface area contributed by atoms with Crippen LogP contribution in [0.3, 0.4) is 0 Å². The normalized spacial score (nSPS) is 11.3. The molecular formula is C12H14Br2N2O6S2. The van der Waals surface area contributed by atoms with Gasteiger partial charge in [0.25, 0.3) is 20.2 Å². The Bertz CT molecular complexity index is 882. The van der Waals surface area contributed by atoms with E-state index in [9.17, 15) is 16.8 Å². The lowest BCUT2D eigenvalue weighted by molar-refractivity contribution is 0.480. The quantitative estimate of drug-likeness (QED) is 0.455. The molecule has 0 aliphatic carbocycles. The number of hydrogen-bond acceptors (Lipinski definition) is 6. The highest BCUT2D eigenvalue weighted by atomic mass is 79.9. The molecule has 0 saturated carbocycles. The fraction of sp³-hybridized carbons (Fsp3) is 0. The third-order valence-corrected chi connectivity index (χ3v) is 6.45. The highest BCUT2D eigenvalue weighted by molar-refractivity contribution is 9.10. The zero-order chi connectivity index (χ0) is 16.7. The van der Waals surface area contributed by atoms with Gasteiger partial charge >= 0.3 is 0 Å². The lowest BCUT2D eigenvalue weighted by Gasteiger charge is -2.08. The van der Waals surface area contributed by atoms with E-state index < -0.39 is 20.2 Å². The maximum absolute atomic E-state index is 11.3. The van der Waals surface area contributed by atoms with E-state index in [1.165, 1.54) is 36.4 Å². The van der Waals surface area contributed by atoms with Gasteiger partial charge in [0.15, 0.2) is 0 Å². The molecule has 0 heterocycles. The predicted molar refractivity (Wildman–Crippen MR) is 97.0 cm³/mol. The summed E-state index contributed by atoms with van der Waals surface area (Å²) in [6.45, 7) is 0. The Kier molecular flexibility index (Phi) is 7.73. The molecule has 0 unspecified atom stereocenters. The summed E-state index contributed by atoms with van der Waals surface area (Å²) in [6.07, 6.45) is 0. The highest BCUT2D eigenvalue weighted by Crippen LogP contribution is 2.32. The van der Waals surface area contributed by atoms with Crippen molar-refractivity contribution < 1.29 is 25.9 Å². The van der Waals surface area contributed by atoms with Gasteiger partial charge in [-0.25, -0.2) is 0 Å². The highest BCUT2D eigenvalue weighted by Gasteiger charge is 2.18. The standard InChI is InChI=1S/C12H8Br2O6S2.2H3N/c13-9-3-1-7(5-11(9)21(15,16)17)8-2-4-10(14)12(6-8)22(18,19)20;;/h1-6H,(H,15,16,17)(H,18,19,20);2*1H3. The second kappa shape index (κ2) is 8.01. The second-order valence-corrected chi connectivity index (χ2v) is 8.73. The van der Waals surface area contributed by atoms with Crippen molar-refractivity contribution in [1.82, 2.24) is 12.3 Å². The fourth-order valence-corrected chi connectivity index (χ4v) is 4.66. The maximum atomic E-state index is 11.3. The molecule has 0 aromatic heterocycles. The molecule has 0 aliphatic heterocycles. The first-order valence-corrected chi connectivity index (χ1v) is 10.0. The van der Waals surface area contributed by atoms with Gasteiger partial charge in [-0.05, 0) is 67.3 Å². The Morgan fingerprint density at radius 3 is 1.21 bits per heavy atom. The lowest BCUT2D eigenvalue weighted by Crippen LogP contribution is -2.01. The van der Waals surface area contributed by atoms with Crippen LogP contribution in [0.4, 0.5) is 0 Å². The monoisotopic (exact) mass is 504 g/mol. The molecule has 24 heavy (non-hydrogen) atoms. The minimum Gasteiger partial charge on any atom is -0.344 e. The molecule has 12 heteroatoms. The Labute approximate surface area is 156 Å². The van der Waals surface area contributed by atoms with Crippen molar-refractivity contribution in [2.75, 3.05) is 0 Å². The molecule has 0 fully saturated rings. The first-order chi connectivity index (χ1) is 10.00. The lowest BCUT2D eigenvalue weighted by atomic mass is 10.1. The van der Waals surface area contributed by atoms with Crippen LogP contribution in [0.5, 0.6) is 0 Å². The Balaban J connectivity index is 0.00000264. The molecule has 134 valence electrons. The third kappa shape index (κ3) is 5.07. The SMILES string of the molecule is N.N.O=S(=O)(O)c1cc(-c2ccc(Br)c(S(=O)(=O)O)c2)ccc1Br. The van der Waals surface area contributed by atoms with Crippen LogP contribution in [0.1, 0.15) is 0 Å². The van der Waals surface area contributed by atoms with E-state index in [2.05, 4.69) is 31.9 Å². The second-order valence-electron chi connectivity index (χ2n) is 4.24. The van der Waals surface area contributed by atoms with Crippen molar-refractivity contribution >= 4 is 52.1 Å².